The van der Waals surface area contributed by atoms with Gasteiger partial charge in [-0.1, -0.05) is 19.3 Å². The summed E-state index contributed by atoms with van der Waals surface area (Å²) in [6, 6.07) is 1.65. The first kappa shape index (κ1) is 13.6. The van der Waals surface area contributed by atoms with Crippen LogP contribution in [0.1, 0.15) is 42.5 Å². The third-order valence-corrected chi connectivity index (χ3v) is 3.96. The van der Waals surface area contributed by atoms with Crippen LogP contribution in [0.25, 0.3) is 10.9 Å². The first-order chi connectivity index (χ1) is 10.2. The van der Waals surface area contributed by atoms with Gasteiger partial charge in [0, 0.05) is 17.6 Å². The molecule has 0 spiro atoms. The number of H-pyrrole nitrogens is 1. The number of carbonyl (C=O) groups excluding carboxylic acids is 1. The zero-order chi connectivity index (χ0) is 14.8. The molecule has 0 atom stereocenters. The van der Waals surface area contributed by atoms with Crippen molar-refractivity contribution in [2.24, 2.45) is 0 Å². The molecule has 1 aliphatic carbocycles. The van der Waals surface area contributed by atoms with Crippen LogP contribution in [0.3, 0.4) is 0 Å². The molecule has 2 aromatic rings. The summed E-state index contributed by atoms with van der Waals surface area (Å²) in [4.78, 5) is 30.8. The third kappa shape index (κ3) is 2.61. The van der Waals surface area contributed by atoms with Crippen LogP contribution >= 0.6 is 0 Å². The van der Waals surface area contributed by atoms with Crippen molar-refractivity contribution in [2.75, 3.05) is 0 Å². The monoisotopic (exact) mass is 287 g/mol. The van der Waals surface area contributed by atoms with Gasteiger partial charge in [0.05, 0.1) is 11.7 Å². The summed E-state index contributed by atoms with van der Waals surface area (Å²) in [5, 5.41) is 13.5. The highest BCUT2D eigenvalue weighted by Gasteiger charge is 2.22. The number of nitrogens with one attached hydrogen (secondary N) is 2. The average Bonchev–Trinajstić information content (AvgIpc) is 2.48. The molecule has 1 amide bonds. The zero-order valence-electron chi connectivity index (χ0n) is 11.6. The van der Waals surface area contributed by atoms with Crippen molar-refractivity contribution in [3.05, 3.63) is 34.4 Å². The van der Waals surface area contributed by atoms with Crippen LogP contribution in [0, 0.1) is 0 Å². The van der Waals surface area contributed by atoms with Gasteiger partial charge >= 0.3 is 0 Å². The second kappa shape index (κ2) is 5.55. The highest BCUT2D eigenvalue weighted by atomic mass is 16.3. The lowest BCUT2D eigenvalue weighted by atomic mass is 9.95. The van der Waals surface area contributed by atoms with Gasteiger partial charge in [-0.05, 0) is 18.9 Å². The Kier molecular flexibility index (Phi) is 3.60. The SMILES string of the molecule is O=C(NC1CCCCC1)c1c(O)c2ccncc2[nH]c1=O. The number of carbonyl (C=O) groups is 1. The van der Waals surface area contributed by atoms with E-state index in [-0.39, 0.29) is 17.4 Å². The lowest BCUT2D eigenvalue weighted by Gasteiger charge is -2.22. The Morgan fingerprint density at radius 2 is 2.10 bits per heavy atom. The maximum absolute atomic E-state index is 12.3. The molecule has 6 nitrogen and oxygen atoms in total. The number of nitrogens with zero attached hydrogens (tertiary/aromatic N) is 1. The summed E-state index contributed by atoms with van der Waals surface area (Å²) in [5.41, 5.74) is -0.408. The van der Waals surface area contributed by atoms with Crippen LogP contribution in [0.2, 0.25) is 0 Å². The first-order valence-electron chi connectivity index (χ1n) is 7.16. The average molecular weight is 287 g/mol. The highest BCUT2D eigenvalue weighted by Crippen LogP contribution is 2.24. The van der Waals surface area contributed by atoms with Crippen molar-refractivity contribution in [2.45, 2.75) is 38.1 Å². The van der Waals surface area contributed by atoms with E-state index in [0.717, 1.165) is 25.7 Å². The van der Waals surface area contributed by atoms with E-state index < -0.39 is 11.5 Å². The summed E-state index contributed by atoms with van der Waals surface area (Å²) in [6.07, 6.45) is 8.13. The molecule has 3 N–H and O–H groups in total. The van der Waals surface area contributed by atoms with Crippen molar-refractivity contribution < 1.29 is 9.90 Å². The zero-order valence-corrected chi connectivity index (χ0v) is 11.6. The van der Waals surface area contributed by atoms with E-state index in [1.165, 1.54) is 18.8 Å². The van der Waals surface area contributed by atoms with E-state index in [1.807, 2.05) is 0 Å². The quantitative estimate of drug-likeness (QED) is 0.783. The molecule has 0 aliphatic heterocycles. The predicted octanol–water partition coefficient (Wildman–Crippen LogP) is 1.69. The molecule has 0 unspecified atom stereocenters. The fourth-order valence-electron chi connectivity index (χ4n) is 2.84. The number of aromatic amines is 1. The van der Waals surface area contributed by atoms with E-state index >= 15 is 0 Å². The molecule has 0 saturated heterocycles. The second-order valence-corrected chi connectivity index (χ2v) is 5.41. The van der Waals surface area contributed by atoms with E-state index in [9.17, 15) is 14.7 Å². The normalized spacial score (nSPS) is 16.0. The first-order valence-corrected chi connectivity index (χ1v) is 7.16. The van der Waals surface area contributed by atoms with Crippen molar-refractivity contribution in [1.82, 2.24) is 15.3 Å². The van der Waals surface area contributed by atoms with Gasteiger partial charge in [0.15, 0.2) is 0 Å². The summed E-state index contributed by atoms with van der Waals surface area (Å²) < 4.78 is 0. The van der Waals surface area contributed by atoms with E-state index in [2.05, 4.69) is 15.3 Å². The van der Waals surface area contributed by atoms with Crippen LogP contribution in [-0.4, -0.2) is 27.0 Å². The Hall–Kier alpha value is -2.37. The number of aromatic hydroxyl groups is 1. The van der Waals surface area contributed by atoms with Crippen molar-refractivity contribution >= 4 is 16.8 Å². The molecule has 2 aromatic heterocycles. The van der Waals surface area contributed by atoms with Gasteiger partial charge in [-0.3, -0.25) is 14.6 Å². The maximum atomic E-state index is 12.3. The van der Waals surface area contributed by atoms with E-state index in [1.54, 1.807) is 6.07 Å². The summed E-state index contributed by atoms with van der Waals surface area (Å²) in [5.74, 6) is -0.802. The molecule has 6 heteroatoms. The molecule has 1 aliphatic rings. The lowest BCUT2D eigenvalue weighted by molar-refractivity contribution is 0.0923. The van der Waals surface area contributed by atoms with Gasteiger partial charge in [0.25, 0.3) is 11.5 Å². The molecule has 21 heavy (non-hydrogen) atoms. The number of hydrogen-bond donors (Lipinski definition) is 3. The molecular formula is C15H17N3O3. The minimum Gasteiger partial charge on any atom is -0.506 e. The largest absolute Gasteiger partial charge is 0.506 e. The van der Waals surface area contributed by atoms with Gasteiger partial charge in [0.2, 0.25) is 0 Å². The second-order valence-electron chi connectivity index (χ2n) is 5.41. The minimum absolute atomic E-state index is 0.0817. The lowest BCUT2D eigenvalue weighted by Crippen LogP contribution is -2.38. The maximum Gasteiger partial charge on any atom is 0.265 e. The molecular weight excluding hydrogens is 270 g/mol. The molecule has 2 heterocycles. The number of rotatable bonds is 2. The third-order valence-electron chi connectivity index (χ3n) is 3.96. The van der Waals surface area contributed by atoms with Crippen LogP contribution in [0.4, 0.5) is 0 Å². The minimum atomic E-state index is -0.596. The smallest absolute Gasteiger partial charge is 0.265 e. The Morgan fingerprint density at radius 3 is 2.86 bits per heavy atom. The summed E-state index contributed by atoms with van der Waals surface area (Å²) in [7, 11) is 0. The number of amides is 1. The number of pyridine rings is 2. The van der Waals surface area contributed by atoms with Crippen molar-refractivity contribution in [3.63, 3.8) is 0 Å². The van der Waals surface area contributed by atoms with Gasteiger partial charge in [-0.2, -0.15) is 0 Å². The number of fused-ring (bicyclic) bond motifs is 1. The fraction of sp³-hybridized carbons (Fsp3) is 0.400. The van der Waals surface area contributed by atoms with Gasteiger partial charge < -0.3 is 15.4 Å². The topological polar surface area (TPSA) is 95.1 Å². The van der Waals surface area contributed by atoms with Crippen molar-refractivity contribution in [1.29, 1.82) is 0 Å². The summed E-state index contributed by atoms with van der Waals surface area (Å²) >= 11 is 0. The number of aromatic nitrogens is 2. The Balaban J connectivity index is 1.95. The van der Waals surface area contributed by atoms with Crippen LogP contribution in [0.5, 0.6) is 5.75 Å². The Labute approximate surface area is 121 Å². The van der Waals surface area contributed by atoms with Gasteiger partial charge in [-0.25, -0.2) is 0 Å². The molecule has 0 radical (unpaired) electrons. The number of hydrogen-bond acceptors (Lipinski definition) is 4. The molecule has 0 bridgehead atoms. The van der Waals surface area contributed by atoms with Crippen molar-refractivity contribution in [3.8, 4) is 5.75 Å². The Bertz CT molecular complexity index is 733. The standard InChI is InChI=1S/C15H17N3O3/c19-13-10-6-7-16-8-11(10)18-15(21)12(13)14(20)17-9-4-2-1-3-5-9/h6-9H,1-5H2,(H,17,20)(H2,18,19,21). The van der Waals surface area contributed by atoms with Gasteiger partial charge in [0.1, 0.15) is 11.3 Å². The van der Waals surface area contributed by atoms with E-state index in [0.29, 0.717) is 10.9 Å². The molecule has 0 aromatic carbocycles. The van der Waals surface area contributed by atoms with Crippen LogP contribution in [0.15, 0.2) is 23.3 Å². The molecule has 1 saturated carbocycles. The highest BCUT2D eigenvalue weighted by molar-refractivity contribution is 6.01. The fourth-order valence-corrected chi connectivity index (χ4v) is 2.84. The summed E-state index contributed by atoms with van der Waals surface area (Å²) in [6.45, 7) is 0. The van der Waals surface area contributed by atoms with E-state index in [4.69, 9.17) is 0 Å². The predicted molar refractivity (Wildman–Crippen MR) is 78.4 cm³/mol. The Morgan fingerprint density at radius 1 is 1.33 bits per heavy atom. The van der Waals surface area contributed by atoms with Crippen LogP contribution in [-0.2, 0) is 0 Å². The molecule has 110 valence electrons. The van der Waals surface area contributed by atoms with Crippen LogP contribution < -0.4 is 10.9 Å². The van der Waals surface area contributed by atoms with Gasteiger partial charge in [-0.15, -0.1) is 0 Å². The molecule has 3 rings (SSSR count). The molecule has 1 fully saturated rings.